The zero-order valence-corrected chi connectivity index (χ0v) is 14.4. The first-order chi connectivity index (χ1) is 10.3. The van der Waals surface area contributed by atoms with E-state index in [2.05, 4.69) is 24.3 Å². The second-order valence-electron chi connectivity index (χ2n) is 6.08. The van der Waals surface area contributed by atoms with Crippen LogP contribution in [0.4, 0.5) is 0 Å². The highest BCUT2D eigenvalue weighted by Gasteiger charge is 2.21. The summed E-state index contributed by atoms with van der Waals surface area (Å²) in [7, 11) is 0. The van der Waals surface area contributed by atoms with Crippen molar-refractivity contribution in [3.8, 4) is 0 Å². The lowest BCUT2D eigenvalue weighted by atomic mass is 9.94. The standard InChI is InChI=1S/C17H24ClN3O/c1-12-16(13(2)21(20-12)9-10-22)11-19-17(3,4)14-5-7-15(18)8-6-14/h5-8,19,22H,9-11H2,1-4H3. The van der Waals surface area contributed by atoms with Crippen molar-refractivity contribution in [1.29, 1.82) is 0 Å². The van der Waals surface area contributed by atoms with E-state index in [1.165, 1.54) is 11.1 Å². The molecule has 120 valence electrons. The molecule has 2 rings (SSSR count). The maximum Gasteiger partial charge on any atom is 0.0644 e. The Morgan fingerprint density at radius 2 is 1.86 bits per heavy atom. The molecule has 0 unspecified atom stereocenters. The van der Waals surface area contributed by atoms with Gasteiger partial charge in [-0.2, -0.15) is 5.10 Å². The van der Waals surface area contributed by atoms with Crippen LogP contribution in [0.2, 0.25) is 5.02 Å². The van der Waals surface area contributed by atoms with Gasteiger partial charge in [0.2, 0.25) is 0 Å². The first-order valence-corrected chi connectivity index (χ1v) is 7.88. The van der Waals surface area contributed by atoms with Gasteiger partial charge in [0.15, 0.2) is 0 Å². The number of halogens is 1. The maximum atomic E-state index is 9.09. The topological polar surface area (TPSA) is 50.1 Å². The maximum absolute atomic E-state index is 9.09. The van der Waals surface area contributed by atoms with Gasteiger partial charge < -0.3 is 10.4 Å². The predicted molar refractivity (Wildman–Crippen MR) is 90.1 cm³/mol. The van der Waals surface area contributed by atoms with Crippen molar-refractivity contribution < 1.29 is 5.11 Å². The van der Waals surface area contributed by atoms with Gasteiger partial charge in [0, 0.05) is 28.4 Å². The number of hydrogen-bond donors (Lipinski definition) is 2. The molecular weight excluding hydrogens is 298 g/mol. The van der Waals surface area contributed by atoms with Crippen molar-refractivity contribution in [2.75, 3.05) is 6.61 Å². The van der Waals surface area contributed by atoms with Gasteiger partial charge in [-0.05, 0) is 45.4 Å². The van der Waals surface area contributed by atoms with E-state index >= 15 is 0 Å². The van der Waals surface area contributed by atoms with E-state index in [9.17, 15) is 0 Å². The molecule has 0 saturated heterocycles. The van der Waals surface area contributed by atoms with Crippen molar-refractivity contribution in [3.63, 3.8) is 0 Å². The highest BCUT2D eigenvalue weighted by molar-refractivity contribution is 6.30. The summed E-state index contributed by atoms with van der Waals surface area (Å²) in [6.07, 6.45) is 0. The van der Waals surface area contributed by atoms with E-state index in [1.807, 2.05) is 42.8 Å². The van der Waals surface area contributed by atoms with Crippen molar-refractivity contribution in [2.45, 2.75) is 46.3 Å². The van der Waals surface area contributed by atoms with Crippen molar-refractivity contribution in [1.82, 2.24) is 15.1 Å². The normalized spacial score (nSPS) is 11.9. The Labute approximate surface area is 137 Å². The van der Waals surface area contributed by atoms with Gasteiger partial charge in [-0.3, -0.25) is 4.68 Å². The first kappa shape index (κ1) is 17.0. The van der Waals surface area contributed by atoms with E-state index in [1.54, 1.807) is 0 Å². The van der Waals surface area contributed by atoms with Crippen molar-refractivity contribution >= 4 is 11.6 Å². The van der Waals surface area contributed by atoms with Crippen LogP contribution in [0.3, 0.4) is 0 Å². The van der Waals surface area contributed by atoms with Gasteiger partial charge in [0.1, 0.15) is 0 Å². The third kappa shape index (κ3) is 3.69. The summed E-state index contributed by atoms with van der Waals surface area (Å²) in [4.78, 5) is 0. The molecule has 0 aliphatic rings. The number of benzene rings is 1. The molecule has 1 aromatic heterocycles. The number of aliphatic hydroxyl groups excluding tert-OH is 1. The van der Waals surface area contributed by atoms with Crippen LogP contribution in [0.5, 0.6) is 0 Å². The number of nitrogens with one attached hydrogen (secondary N) is 1. The number of rotatable bonds is 6. The van der Waals surface area contributed by atoms with Crippen LogP contribution in [0.25, 0.3) is 0 Å². The molecule has 0 radical (unpaired) electrons. The van der Waals surface area contributed by atoms with Gasteiger partial charge in [-0.25, -0.2) is 0 Å². The molecule has 5 heteroatoms. The number of nitrogens with zero attached hydrogens (tertiary/aromatic N) is 2. The van der Waals surface area contributed by atoms with E-state index < -0.39 is 0 Å². The lowest BCUT2D eigenvalue weighted by molar-refractivity contribution is 0.267. The SMILES string of the molecule is Cc1nn(CCO)c(C)c1CNC(C)(C)c1ccc(Cl)cc1. The molecule has 2 N–H and O–H groups in total. The van der Waals surface area contributed by atoms with Gasteiger partial charge in [0.25, 0.3) is 0 Å². The highest BCUT2D eigenvalue weighted by Crippen LogP contribution is 2.23. The van der Waals surface area contributed by atoms with E-state index in [-0.39, 0.29) is 12.1 Å². The summed E-state index contributed by atoms with van der Waals surface area (Å²) >= 11 is 5.96. The smallest absolute Gasteiger partial charge is 0.0644 e. The molecule has 1 aromatic carbocycles. The van der Waals surface area contributed by atoms with E-state index in [0.29, 0.717) is 6.54 Å². The summed E-state index contributed by atoms with van der Waals surface area (Å²) in [5.41, 5.74) is 4.32. The Morgan fingerprint density at radius 1 is 1.23 bits per heavy atom. The first-order valence-electron chi connectivity index (χ1n) is 7.50. The molecule has 0 atom stereocenters. The summed E-state index contributed by atoms with van der Waals surface area (Å²) < 4.78 is 1.86. The van der Waals surface area contributed by atoms with Crippen molar-refractivity contribution in [3.05, 3.63) is 51.8 Å². The molecule has 2 aromatic rings. The minimum atomic E-state index is -0.164. The molecule has 0 fully saturated rings. The van der Waals surface area contributed by atoms with Crippen LogP contribution in [0.1, 0.15) is 36.4 Å². The van der Waals surface area contributed by atoms with Crippen LogP contribution in [-0.4, -0.2) is 21.5 Å². The molecule has 0 saturated carbocycles. The summed E-state index contributed by atoms with van der Waals surface area (Å²) in [5.74, 6) is 0. The number of hydrogen-bond acceptors (Lipinski definition) is 3. The van der Waals surface area contributed by atoms with Crippen LogP contribution < -0.4 is 5.32 Å². The van der Waals surface area contributed by atoms with Gasteiger partial charge in [-0.15, -0.1) is 0 Å². The van der Waals surface area contributed by atoms with Gasteiger partial charge >= 0.3 is 0 Å². The molecule has 0 aliphatic heterocycles. The molecule has 0 aliphatic carbocycles. The monoisotopic (exact) mass is 321 g/mol. The van der Waals surface area contributed by atoms with E-state index in [0.717, 1.165) is 23.0 Å². The van der Waals surface area contributed by atoms with Crippen molar-refractivity contribution in [2.24, 2.45) is 0 Å². The largest absolute Gasteiger partial charge is 0.394 e. The molecule has 0 bridgehead atoms. The number of aliphatic hydroxyl groups is 1. The zero-order chi connectivity index (χ0) is 16.3. The lowest BCUT2D eigenvalue weighted by Crippen LogP contribution is -2.36. The van der Waals surface area contributed by atoms with Crippen LogP contribution >= 0.6 is 11.6 Å². The second-order valence-corrected chi connectivity index (χ2v) is 6.52. The van der Waals surface area contributed by atoms with Crippen LogP contribution in [0, 0.1) is 13.8 Å². The molecule has 22 heavy (non-hydrogen) atoms. The van der Waals surface area contributed by atoms with Gasteiger partial charge in [-0.1, -0.05) is 23.7 Å². The minimum absolute atomic E-state index is 0.102. The fourth-order valence-corrected chi connectivity index (χ4v) is 2.71. The number of aryl methyl sites for hydroxylation is 1. The van der Waals surface area contributed by atoms with Crippen LogP contribution in [-0.2, 0) is 18.6 Å². The molecular formula is C17H24ClN3O. The third-order valence-corrected chi connectivity index (χ3v) is 4.37. The second kappa shape index (κ2) is 6.82. The third-order valence-electron chi connectivity index (χ3n) is 4.12. The Kier molecular flexibility index (Phi) is 5.27. The number of aromatic nitrogens is 2. The van der Waals surface area contributed by atoms with E-state index in [4.69, 9.17) is 16.7 Å². The lowest BCUT2D eigenvalue weighted by Gasteiger charge is -2.27. The quantitative estimate of drug-likeness (QED) is 0.859. The summed E-state index contributed by atoms with van der Waals surface area (Å²) in [6, 6.07) is 7.92. The molecule has 0 amide bonds. The Hall–Kier alpha value is -1.36. The van der Waals surface area contributed by atoms with Crippen LogP contribution in [0.15, 0.2) is 24.3 Å². The summed E-state index contributed by atoms with van der Waals surface area (Å²) in [5, 5.41) is 17.9. The Morgan fingerprint density at radius 3 is 2.45 bits per heavy atom. The molecule has 0 spiro atoms. The minimum Gasteiger partial charge on any atom is -0.394 e. The average Bonchev–Trinajstić information content (AvgIpc) is 2.72. The molecule has 4 nitrogen and oxygen atoms in total. The predicted octanol–water partition coefficient (Wildman–Crippen LogP) is 3.17. The fourth-order valence-electron chi connectivity index (χ4n) is 2.58. The highest BCUT2D eigenvalue weighted by atomic mass is 35.5. The Balaban J connectivity index is 2.13. The average molecular weight is 322 g/mol. The fraction of sp³-hybridized carbons (Fsp3) is 0.471. The summed E-state index contributed by atoms with van der Waals surface area (Å²) in [6.45, 7) is 9.73. The molecule has 1 heterocycles. The van der Waals surface area contributed by atoms with Gasteiger partial charge in [0.05, 0.1) is 18.8 Å². The Bertz CT molecular complexity index is 632. The zero-order valence-electron chi connectivity index (χ0n) is 13.7.